The minimum Gasteiger partial charge on any atom is -0.450 e. The Hall–Kier alpha value is -1.31. The van der Waals surface area contributed by atoms with Crippen LogP contribution < -0.4 is 10.6 Å². The fourth-order valence-corrected chi connectivity index (χ4v) is 2.07. The number of amides is 2. The summed E-state index contributed by atoms with van der Waals surface area (Å²) in [6.07, 6.45) is 1.40. The Labute approximate surface area is 132 Å². The topological polar surface area (TPSA) is 67.4 Å². The highest BCUT2D eigenvalue weighted by molar-refractivity contribution is 14.1. The minimum absolute atomic E-state index is 0.142. The normalized spacial score (nSPS) is 9.90. The molecule has 2 N–H and O–H groups in total. The molecular formula is C14H19IN2O3. The molecule has 110 valence electrons. The van der Waals surface area contributed by atoms with Crippen LogP contribution in [-0.4, -0.2) is 31.7 Å². The van der Waals surface area contributed by atoms with Gasteiger partial charge in [0.25, 0.3) is 5.91 Å². The lowest BCUT2D eigenvalue weighted by atomic mass is 10.2. The van der Waals surface area contributed by atoms with Gasteiger partial charge in [-0.15, -0.1) is 0 Å². The van der Waals surface area contributed by atoms with E-state index < -0.39 is 6.09 Å². The molecule has 0 aliphatic rings. The van der Waals surface area contributed by atoms with Crippen molar-refractivity contribution >= 4 is 34.6 Å². The van der Waals surface area contributed by atoms with Gasteiger partial charge in [-0.25, -0.2) is 4.79 Å². The summed E-state index contributed by atoms with van der Waals surface area (Å²) in [5, 5.41) is 5.33. The van der Waals surface area contributed by atoms with Crippen LogP contribution in [0.15, 0.2) is 24.3 Å². The summed E-state index contributed by atoms with van der Waals surface area (Å²) < 4.78 is 5.83. The number of benzene rings is 1. The van der Waals surface area contributed by atoms with Crippen LogP contribution in [0.3, 0.4) is 0 Å². The van der Waals surface area contributed by atoms with Crippen LogP contribution in [0.25, 0.3) is 0 Å². The van der Waals surface area contributed by atoms with E-state index in [0.29, 0.717) is 25.3 Å². The van der Waals surface area contributed by atoms with Gasteiger partial charge in [0.15, 0.2) is 0 Å². The number of hydrogen-bond acceptors (Lipinski definition) is 3. The van der Waals surface area contributed by atoms with Gasteiger partial charge in [0.05, 0.1) is 12.2 Å². The molecule has 5 nitrogen and oxygen atoms in total. The third-order valence-electron chi connectivity index (χ3n) is 2.53. The quantitative estimate of drug-likeness (QED) is 0.556. The second kappa shape index (κ2) is 9.57. The lowest BCUT2D eigenvalue weighted by Crippen LogP contribution is -2.35. The zero-order valence-electron chi connectivity index (χ0n) is 11.4. The first-order valence-corrected chi connectivity index (χ1v) is 7.66. The third-order valence-corrected chi connectivity index (χ3v) is 3.47. The molecule has 0 heterocycles. The minimum atomic E-state index is -0.443. The van der Waals surface area contributed by atoms with Crippen molar-refractivity contribution in [2.24, 2.45) is 0 Å². The van der Waals surface area contributed by atoms with Gasteiger partial charge >= 0.3 is 6.09 Å². The van der Waals surface area contributed by atoms with E-state index >= 15 is 0 Å². The number of halogens is 1. The second-order valence-electron chi connectivity index (χ2n) is 4.15. The molecule has 0 aliphatic heterocycles. The number of alkyl carbamates (subject to hydrolysis) is 1. The molecule has 0 saturated carbocycles. The highest BCUT2D eigenvalue weighted by atomic mass is 127. The summed E-state index contributed by atoms with van der Waals surface area (Å²) in [5.41, 5.74) is 0.638. The number of ether oxygens (including phenoxy) is 1. The zero-order chi connectivity index (χ0) is 14.8. The van der Waals surface area contributed by atoms with Gasteiger partial charge in [-0.2, -0.15) is 0 Å². The maximum atomic E-state index is 11.9. The number of carbonyl (C=O) groups is 2. The first kappa shape index (κ1) is 16.7. The number of carbonyl (C=O) groups excluding carboxylic acids is 2. The van der Waals surface area contributed by atoms with Gasteiger partial charge in [-0.1, -0.05) is 25.5 Å². The lowest BCUT2D eigenvalue weighted by molar-refractivity contribution is 0.0951. The zero-order valence-corrected chi connectivity index (χ0v) is 13.6. The average Bonchev–Trinajstić information content (AvgIpc) is 2.44. The molecule has 1 rings (SSSR count). The van der Waals surface area contributed by atoms with Crippen LogP contribution in [0.2, 0.25) is 0 Å². The van der Waals surface area contributed by atoms with Crippen molar-refractivity contribution in [2.75, 3.05) is 19.7 Å². The fourth-order valence-electron chi connectivity index (χ4n) is 1.44. The van der Waals surface area contributed by atoms with E-state index in [0.717, 1.165) is 16.4 Å². The molecule has 0 atom stereocenters. The molecular weight excluding hydrogens is 371 g/mol. The first-order valence-electron chi connectivity index (χ1n) is 6.58. The van der Waals surface area contributed by atoms with Gasteiger partial charge in [0, 0.05) is 16.7 Å². The summed E-state index contributed by atoms with van der Waals surface area (Å²) >= 11 is 2.12. The Morgan fingerprint density at radius 3 is 2.60 bits per heavy atom. The van der Waals surface area contributed by atoms with Crippen LogP contribution >= 0.6 is 22.6 Å². The average molecular weight is 390 g/mol. The smallest absolute Gasteiger partial charge is 0.407 e. The number of hydrogen-bond donors (Lipinski definition) is 2. The Bertz CT molecular complexity index is 452. The molecule has 0 unspecified atom stereocenters. The van der Waals surface area contributed by atoms with Gasteiger partial charge in [-0.3, -0.25) is 4.79 Å². The first-order chi connectivity index (χ1) is 9.65. The lowest BCUT2D eigenvalue weighted by Gasteiger charge is -2.08. The molecule has 6 heteroatoms. The SMILES string of the molecule is CCCCOC(=O)NCCNC(=O)c1ccccc1I. The monoisotopic (exact) mass is 390 g/mol. The van der Waals surface area contributed by atoms with Crippen molar-refractivity contribution in [1.82, 2.24) is 10.6 Å². The van der Waals surface area contributed by atoms with Crippen molar-refractivity contribution in [3.8, 4) is 0 Å². The van der Waals surface area contributed by atoms with Crippen LogP contribution in [0, 0.1) is 3.57 Å². The molecule has 0 saturated heterocycles. The standard InChI is InChI=1S/C14H19IN2O3/c1-2-3-10-20-14(19)17-9-8-16-13(18)11-6-4-5-7-12(11)15/h4-7H,2-3,8-10H2,1H3,(H,16,18)(H,17,19). The predicted molar refractivity (Wildman–Crippen MR) is 85.8 cm³/mol. The highest BCUT2D eigenvalue weighted by Gasteiger charge is 2.08. The third kappa shape index (κ3) is 6.23. The van der Waals surface area contributed by atoms with Crippen molar-refractivity contribution in [1.29, 1.82) is 0 Å². The van der Waals surface area contributed by atoms with E-state index in [1.54, 1.807) is 6.07 Å². The van der Waals surface area contributed by atoms with E-state index in [9.17, 15) is 9.59 Å². The summed E-state index contributed by atoms with van der Waals surface area (Å²) in [6, 6.07) is 7.34. The molecule has 0 spiro atoms. The molecule has 0 radical (unpaired) electrons. The van der Waals surface area contributed by atoms with Crippen molar-refractivity contribution in [2.45, 2.75) is 19.8 Å². The molecule has 20 heavy (non-hydrogen) atoms. The predicted octanol–water partition coefficient (Wildman–Crippen LogP) is 2.55. The van der Waals surface area contributed by atoms with Crippen LogP contribution in [0.1, 0.15) is 30.1 Å². The van der Waals surface area contributed by atoms with Gasteiger partial charge in [0.1, 0.15) is 0 Å². The molecule has 0 fully saturated rings. The summed E-state index contributed by atoms with van der Waals surface area (Å²) in [4.78, 5) is 23.1. The summed E-state index contributed by atoms with van der Waals surface area (Å²) in [7, 11) is 0. The van der Waals surface area contributed by atoms with Gasteiger partial charge < -0.3 is 15.4 Å². The Balaban J connectivity index is 2.20. The number of unbranched alkanes of at least 4 members (excludes halogenated alkanes) is 1. The van der Waals surface area contributed by atoms with E-state index in [-0.39, 0.29) is 5.91 Å². The molecule has 0 bridgehead atoms. The highest BCUT2D eigenvalue weighted by Crippen LogP contribution is 2.10. The molecule has 0 aliphatic carbocycles. The Morgan fingerprint density at radius 2 is 1.90 bits per heavy atom. The molecule has 2 amide bonds. The maximum absolute atomic E-state index is 11.9. The van der Waals surface area contributed by atoms with Gasteiger partial charge in [-0.05, 0) is 41.1 Å². The Morgan fingerprint density at radius 1 is 1.20 bits per heavy atom. The van der Waals surface area contributed by atoms with Gasteiger partial charge in [0.2, 0.25) is 0 Å². The number of rotatable bonds is 7. The van der Waals surface area contributed by atoms with E-state index in [1.165, 1.54) is 0 Å². The van der Waals surface area contributed by atoms with E-state index in [2.05, 4.69) is 33.2 Å². The van der Waals surface area contributed by atoms with Crippen LogP contribution in [0.4, 0.5) is 4.79 Å². The summed E-state index contributed by atoms with van der Waals surface area (Å²) in [6.45, 7) is 3.17. The molecule has 0 aromatic heterocycles. The molecule has 1 aromatic carbocycles. The molecule has 1 aromatic rings. The second-order valence-corrected chi connectivity index (χ2v) is 5.31. The fraction of sp³-hybridized carbons (Fsp3) is 0.429. The maximum Gasteiger partial charge on any atom is 0.407 e. The van der Waals surface area contributed by atoms with Crippen molar-refractivity contribution < 1.29 is 14.3 Å². The largest absolute Gasteiger partial charge is 0.450 e. The van der Waals surface area contributed by atoms with Crippen molar-refractivity contribution in [3.63, 3.8) is 0 Å². The van der Waals surface area contributed by atoms with Crippen LogP contribution in [-0.2, 0) is 4.74 Å². The van der Waals surface area contributed by atoms with E-state index in [4.69, 9.17) is 4.74 Å². The van der Waals surface area contributed by atoms with Crippen LogP contribution in [0.5, 0.6) is 0 Å². The Kier molecular flexibility index (Phi) is 8.01. The summed E-state index contributed by atoms with van der Waals surface area (Å²) in [5.74, 6) is -0.142. The van der Waals surface area contributed by atoms with Crippen molar-refractivity contribution in [3.05, 3.63) is 33.4 Å². The number of nitrogens with one attached hydrogen (secondary N) is 2. The van der Waals surface area contributed by atoms with E-state index in [1.807, 2.05) is 25.1 Å².